The Bertz CT molecular complexity index is 1380. The molecule has 0 saturated carbocycles. The predicted molar refractivity (Wildman–Crippen MR) is 176 cm³/mol. The van der Waals surface area contributed by atoms with E-state index in [0.29, 0.717) is 12.1 Å². The number of allylic oxidation sites excluding steroid dienone is 1. The van der Waals surface area contributed by atoms with Gasteiger partial charge in [0.15, 0.2) is 17.3 Å². The number of esters is 2. The molecule has 268 valence electrons. The highest BCUT2D eigenvalue weighted by molar-refractivity contribution is 5.96. The molecule has 2 amide bonds. The van der Waals surface area contributed by atoms with Gasteiger partial charge in [0.2, 0.25) is 5.91 Å². The summed E-state index contributed by atoms with van der Waals surface area (Å²) in [6.45, 7) is 2.30. The number of carbonyl (C=O) groups is 7. The van der Waals surface area contributed by atoms with E-state index in [1.165, 1.54) is 7.11 Å². The third-order valence-corrected chi connectivity index (χ3v) is 7.85. The van der Waals surface area contributed by atoms with Crippen LogP contribution in [0.4, 0.5) is 9.18 Å². The fourth-order valence-corrected chi connectivity index (χ4v) is 5.12. The fourth-order valence-electron chi connectivity index (χ4n) is 5.12. The van der Waals surface area contributed by atoms with Crippen molar-refractivity contribution >= 4 is 47.5 Å². The predicted octanol–water partition coefficient (Wildman–Crippen LogP) is 3.77. The molecule has 13 nitrogen and oxygen atoms in total. The van der Waals surface area contributed by atoms with E-state index >= 15 is 0 Å². The number of carbonyl (C=O) groups excluding carboxylic acids is 7. The summed E-state index contributed by atoms with van der Waals surface area (Å²) >= 11 is 0. The average Bonchev–Trinajstić information content (AvgIpc) is 3.60. The summed E-state index contributed by atoms with van der Waals surface area (Å²) in [6.07, 6.45) is 1.37. The molecule has 2 rings (SSSR count). The first-order chi connectivity index (χ1) is 23.4. The Morgan fingerprint density at radius 3 is 2.08 bits per heavy atom. The van der Waals surface area contributed by atoms with E-state index in [2.05, 4.69) is 20.4 Å². The van der Waals surface area contributed by atoms with Crippen LogP contribution in [0.25, 0.3) is 0 Å². The van der Waals surface area contributed by atoms with E-state index in [0.717, 1.165) is 12.7 Å². The molecule has 0 fully saturated rings. The van der Waals surface area contributed by atoms with Gasteiger partial charge in [0.1, 0.15) is 13.3 Å². The first-order valence-corrected chi connectivity index (χ1v) is 16.1. The Morgan fingerprint density at radius 1 is 0.837 bits per heavy atom. The Labute approximate surface area is 285 Å². The lowest BCUT2D eigenvalue weighted by Gasteiger charge is -2.25. The van der Waals surface area contributed by atoms with Crippen LogP contribution in [-0.4, -0.2) is 80.5 Å². The minimum Gasteiger partial charge on any atom is -0.469 e. The molecule has 2 N–H and O–H groups in total. The second-order valence-electron chi connectivity index (χ2n) is 12.1. The lowest BCUT2D eigenvalue weighted by molar-refractivity contribution is -0.145. The van der Waals surface area contributed by atoms with E-state index in [1.54, 1.807) is 36.6 Å². The van der Waals surface area contributed by atoms with Crippen molar-refractivity contribution in [2.75, 3.05) is 20.9 Å². The summed E-state index contributed by atoms with van der Waals surface area (Å²) < 4.78 is 27.9. The molecule has 0 radical (unpaired) electrons. The summed E-state index contributed by atoms with van der Waals surface area (Å²) in [5.74, 6) is -6.76. The van der Waals surface area contributed by atoms with Crippen molar-refractivity contribution in [3.8, 4) is 0 Å². The molecular weight excluding hydrogens is 641 g/mol. The van der Waals surface area contributed by atoms with Crippen LogP contribution >= 0.6 is 0 Å². The molecule has 0 spiro atoms. The number of hydrogen-bond acceptors (Lipinski definition) is 11. The third-order valence-electron chi connectivity index (χ3n) is 7.85. The van der Waals surface area contributed by atoms with Crippen LogP contribution in [0.2, 0.25) is 0 Å². The number of alkyl carbamates (subject to hydrolysis) is 1. The topological polar surface area (TPSA) is 184 Å². The van der Waals surface area contributed by atoms with Crippen LogP contribution in [0.3, 0.4) is 0 Å². The number of benzene rings is 1. The number of Topliss-reactive ketones (excluding diaryl/α,β-unsaturated/α-hetero) is 3. The highest BCUT2D eigenvalue weighted by atomic mass is 19.1. The van der Waals surface area contributed by atoms with Crippen LogP contribution in [0.5, 0.6) is 0 Å². The van der Waals surface area contributed by atoms with Crippen LogP contribution in [0, 0.1) is 17.8 Å². The van der Waals surface area contributed by atoms with Gasteiger partial charge in [-0.15, -0.1) is 0 Å². The largest absolute Gasteiger partial charge is 0.469 e. The summed E-state index contributed by atoms with van der Waals surface area (Å²) in [5, 5.41) is 5.23. The van der Waals surface area contributed by atoms with Crippen LogP contribution in [-0.2, 0) is 49.6 Å². The Kier molecular flexibility index (Phi) is 17.5. The summed E-state index contributed by atoms with van der Waals surface area (Å²) in [7, 11) is 2.28. The van der Waals surface area contributed by atoms with Gasteiger partial charge in [-0.05, 0) is 24.3 Å². The smallest absolute Gasteiger partial charge is 0.408 e. The number of amides is 2. The van der Waals surface area contributed by atoms with Crippen molar-refractivity contribution in [2.24, 2.45) is 22.7 Å². The lowest BCUT2D eigenvalue weighted by Crippen LogP contribution is -2.47. The van der Waals surface area contributed by atoms with Crippen molar-refractivity contribution in [2.45, 2.75) is 83.9 Å². The molecule has 4 atom stereocenters. The molecule has 1 heterocycles. The van der Waals surface area contributed by atoms with E-state index in [4.69, 9.17) is 9.47 Å². The molecule has 0 aliphatic carbocycles. The summed E-state index contributed by atoms with van der Waals surface area (Å²) in [6, 6.07) is 6.69. The average molecular weight is 688 g/mol. The van der Waals surface area contributed by atoms with Gasteiger partial charge in [-0.25, -0.2) is 9.18 Å². The second-order valence-corrected chi connectivity index (χ2v) is 12.1. The van der Waals surface area contributed by atoms with Crippen LogP contribution < -0.4 is 10.6 Å². The van der Waals surface area contributed by atoms with E-state index in [9.17, 15) is 38.0 Å². The zero-order chi connectivity index (χ0) is 36.3. The SMILES string of the molecule is COC(=O)CCC(CC(=O)[C@H](CC(C)C)NC(=O)OCc1ccccc1)C(=O)N[C@@H](CC1=CCC=N1)C(=O)CC(CC(=O)OC)C(=O)CF. The molecule has 1 aliphatic rings. The number of ether oxygens (including phenoxy) is 3. The van der Waals surface area contributed by atoms with Gasteiger partial charge >= 0.3 is 18.0 Å². The Morgan fingerprint density at radius 2 is 1.49 bits per heavy atom. The van der Waals surface area contributed by atoms with Crippen LogP contribution in [0.1, 0.15) is 70.8 Å². The highest BCUT2D eigenvalue weighted by Gasteiger charge is 2.34. The monoisotopic (exact) mass is 687 g/mol. The van der Waals surface area contributed by atoms with Crippen molar-refractivity contribution in [3.05, 3.63) is 47.7 Å². The standard InChI is InChI=1S/C35H46FN3O10/c1-22(2)15-27(39-35(46)49-21-23-9-6-5-7-10-23)29(40)16-24(12-13-32(43)47-3)34(45)38-28(19-26-11-8-14-37-26)30(41)17-25(31(42)20-36)18-33(44)48-4/h5-7,9-11,14,22,24-25,27-28H,8,12-13,15-21H2,1-4H3,(H,38,45)(H,39,46)/t24?,25?,27-,28-/m0/s1. The lowest BCUT2D eigenvalue weighted by atomic mass is 9.88. The van der Waals surface area contributed by atoms with Gasteiger partial charge in [-0.1, -0.05) is 50.3 Å². The maximum absolute atomic E-state index is 13.8. The number of methoxy groups -OCH3 is 2. The quantitative estimate of drug-likeness (QED) is 0.134. The van der Waals surface area contributed by atoms with Gasteiger partial charge in [-0.2, -0.15) is 0 Å². The van der Waals surface area contributed by atoms with Gasteiger partial charge in [0.05, 0.1) is 32.7 Å². The number of nitrogens with zero attached hydrogens (tertiary/aromatic N) is 1. The van der Waals surface area contributed by atoms with Crippen molar-refractivity contribution in [1.29, 1.82) is 0 Å². The van der Waals surface area contributed by atoms with Crippen molar-refractivity contribution < 1.29 is 52.2 Å². The molecule has 0 aromatic heterocycles. The van der Waals surface area contributed by atoms with E-state index in [1.807, 2.05) is 19.9 Å². The summed E-state index contributed by atoms with van der Waals surface area (Å²) in [4.78, 5) is 93.9. The molecule has 0 saturated heterocycles. The van der Waals surface area contributed by atoms with Gasteiger partial charge in [0.25, 0.3) is 0 Å². The number of ketones is 3. The molecular formula is C35H46FN3O10. The molecule has 14 heteroatoms. The Balaban J connectivity index is 2.27. The second kappa shape index (κ2) is 21.3. The zero-order valence-corrected chi connectivity index (χ0v) is 28.4. The number of alkyl halides is 1. The zero-order valence-electron chi connectivity index (χ0n) is 28.4. The molecule has 49 heavy (non-hydrogen) atoms. The van der Waals surface area contributed by atoms with Gasteiger partial charge in [0, 0.05) is 55.9 Å². The minimum atomic E-state index is -1.40. The first kappa shape index (κ1) is 40.4. The molecule has 1 aromatic carbocycles. The normalized spacial score (nSPS) is 14.5. The molecule has 1 aliphatic heterocycles. The van der Waals surface area contributed by atoms with Crippen LogP contribution in [0.15, 0.2) is 47.1 Å². The van der Waals surface area contributed by atoms with E-state index in [-0.39, 0.29) is 38.2 Å². The Hall–Kier alpha value is -4.75. The maximum Gasteiger partial charge on any atom is 0.408 e. The molecule has 1 aromatic rings. The van der Waals surface area contributed by atoms with E-state index < -0.39 is 91.1 Å². The van der Waals surface area contributed by atoms with Gasteiger partial charge in [-0.3, -0.25) is 33.8 Å². The maximum atomic E-state index is 13.8. The summed E-state index contributed by atoms with van der Waals surface area (Å²) in [5.41, 5.74) is 1.23. The number of aliphatic imine (C=N–C) groups is 1. The molecule has 0 bridgehead atoms. The van der Waals surface area contributed by atoms with Crippen molar-refractivity contribution in [1.82, 2.24) is 10.6 Å². The fraction of sp³-hybridized carbons (Fsp3) is 0.543. The number of hydrogen-bond donors (Lipinski definition) is 2. The first-order valence-electron chi connectivity index (χ1n) is 16.1. The third kappa shape index (κ3) is 14.9. The highest BCUT2D eigenvalue weighted by Crippen LogP contribution is 2.22. The number of nitrogens with one attached hydrogen (secondary N) is 2. The van der Waals surface area contributed by atoms with Crippen molar-refractivity contribution in [3.63, 3.8) is 0 Å². The van der Waals surface area contributed by atoms with Gasteiger partial charge < -0.3 is 24.8 Å². The minimum absolute atomic E-state index is 0.0211. The number of halogens is 1. The number of rotatable bonds is 22. The molecule has 2 unspecified atom stereocenters.